The number of anilines is 1. The van der Waals surface area contributed by atoms with Crippen LogP contribution in [0.15, 0.2) is 41.2 Å². The largest absolute Gasteiger partial charge is 0.454 e. The molecule has 2 aromatic carbocycles. The van der Waals surface area contributed by atoms with Gasteiger partial charge in [-0.2, -0.15) is 0 Å². The molecule has 2 N–H and O–H groups in total. The van der Waals surface area contributed by atoms with Crippen molar-refractivity contribution in [3.63, 3.8) is 0 Å². The second-order valence-electron chi connectivity index (χ2n) is 9.96. The average molecular weight is 572 g/mol. The monoisotopic (exact) mass is 571 g/mol. The maximum Gasteiger partial charge on any atom is 0.262 e. The fourth-order valence-electron chi connectivity index (χ4n) is 5.10. The van der Waals surface area contributed by atoms with E-state index in [1.165, 1.54) is 5.69 Å². The molecule has 0 radical (unpaired) electrons. The number of H-pyrrole nitrogens is 1. The number of nitrogens with one attached hydrogen (secondary N) is 2. The number of aromatic nitrogens is 2. The van der Waals surface area contributed by atoms with E-state index in [1.54, 1.807) is 16.7 Å². The van der Waals surface area contributed by atoms with E-state index in [0.717, 1.165) is 63.4 Å². The summed E-state index contributed by atoms with van der Waals surface area (Å²) in [7, 11) is 0. The normalized spacial score (nSPS) is 15.2. The number of amides is 1. The highest BCUT2D eigenvalue weighted by Crippen LogP contribution is 2.34. The van der Waals surface area contributed by atoms with E-state index in [1.807, 2.05) is 18.2 Å². The lowest BCUT2D eigenvalue weighted by molar-refractivity contribution is -0.121. The molecule has 0 unspecified atom stereocenters. The molecule has 39 heavy (non-hydrogen) atoms. The number of benzene rings is 2. The highest BCUT2D eigenvalue weighted by Gasteiger charge is 2.18. The Kier molecular flexibility index (Phi) is 9.06. The number of hydrogen-bond donors (Lipinski definition) is 2. The fourth-order valence-corrected chi connectivity index (χ4v) is 5.57. The second kappa shape index (κ2) is 12.8. The van der Waals surface area contributed by atoms with Crippen molar-refractivity contribution >= 4 is 46.3 Å². The average Bonchev–Trinajstić information content (AvgIpc) is 3.39. The maximum absolute atomic E-state index is 13.0. The van der Waals surface area contributed by atoms with Crippen molar-refractivity contribution in [3.8, 4) is 11.5 Å². The first kappa shape index (κ1) is 27.5. The van der Waals surface area contributed by atoms with Gasteiger partial charge in [0.15, 0.2) is 16.3 Å². The summed E-state index contributed by atoms with van der Waals surface area (Å²) >= 11 is 11.5. The van der Waals surface area contributed by atoms with E-state index in [-0.39, 0.29) is 18.3 Å². The summed E-state index contributed by atoms with van der Waals surface area (Å²) in [6.45, 7) is 6.30. The molecular formula is C28H34ClN5O4S. The number of aromatic amines is 1. The van der Waals surface area contributed by atoms with Gasteiger partial charge in [-0.15, -0.1) is 0 Å². The molecule has 0 saturated carbocycles. The minimum absolute atomic E-state index is 0.0806. The van der Waals surface area contributed by atoms with Gasteiger partial charge in [0, 0.05) is 62.5 Å². The fraction of sp³-hybridized carbons (Fsp3) is 0.464. The van der Waals surface area contributed by atoms with Gasteiger partial charge in [0.2, 0.25) is 12.7 Å². The van der Waals surface area contributed by atoms with Gasteiger partial charge in [-0.25, -0.2) is 0 Å². The third-order valence-electron chi connectivity index (χ3n) is 7.28. The zero-order valence-electron chi connectivity index (χ0n) is 21.9. The second-order valence-corrected chi connectivity index (χ2v) is 10.8. The van der Waals surface area contributed by atoms with E-state index < -0.39 is 0 Å². The van der Waals surface area contributed by atoms with Crippen LogP contribution in [-0.2, 0) is 11.3 Å². The standard InChI is InChI=1S/C28H34ClN5O4S/c29-20-6-4-7-21(16-20)33-14-12-32(13-15-33)10-5-9-30-26(35)8-2-1-3-11-34-27(36)22-17-24-25(38-19-37-24)18-23(22)31-28(34)39/h4,6-7,16-18H,1-3,5,8-15,19H2,(H,30,35)(H,31,39). The number of ether oxygens (including phenoxy) is 2. The lowest BCUT2D eigenvalue weighted by Gasteiger charge is -2.36. The van der Waals surface area contributed by atoms with Crippen molar-refractivity contribution in [3.05, 3.63) is 56.5 Å². The van der Waals surface area contributed by atoms with Crippen LogP contribution in [0.3, 0.4) is 0 Å². The molecule has 2 aliphatic rings. The molecule has 9 nitrogen and oxygen atoms in total. The Bertz CT molecular complexity index is 1430. The van der Waals surface area contributed by atoms with Gasteiger partial charge in [0.25, 0.3) is 5.56 Å². The highest BCUT2D eigenvalue weighted by atomic mass is 35.5. The number of carbonyl (C=O) groups excluding carboxylic acids is 1. The lowest BCUT2D eigenvalue weighted by atomic mass is 10.2. The smallest absolute Gasteiger partial charge is 0.262 e. The summed E-state index contributed by atoms with van der Waals surface area (Å²) in [5, 5.41) is 4.33. The van der Waals surface area contributed by atoms with Gasteiger partial charge < -0.3 is 24.7 Å². The molecule has 1 fully saturated rings. The SMILES string of the molecule is O=C(CCCCCn1c(=S)[nH]c2cc3c(cc2c1=O)OCO3)NCCCN1CCN(c2cccc(Cl)c2)CC1. The number of unbranched alkanes of at least 4 members (excludes halogenated alkanes) is 2. The van der Waals surface area contributed by atoms with Crippen LogP contribution in [-0.4, -0.2) is 66.4 Å². The minimum Gasteiger partial charge on any atom is -0.454 e. The van der Waals surface area contributed by atoms with Crippen molar-refractivity contribution in [2.45, 2.75) is 38.6 Å². The van der Waals surface area contributed by atoms with Crippen LogP contribution in [0.5, 0.6) is 11.5 Å². The summed E-state index contributed by atoms with van der Waals surface area (Å²) in [5.41, 5.74) is 1.67. The highest BCUT2D eigenvalue weighted by molar-refractivity contribution is 7.71. The number of fused-ring (bicyclic) bond motifs is 2. The molecule has 0 spiro atoms. The zero-order valence-corrected chi connectivity index (χ0v) is 23.5. The molecule has 208 valence electrons. The number of carbonyl (C=O) groups is 1. The van der Waals surface area contributed by atoms with E-state index in [9.17, 15) is 9.59 Å². The summed E-state index contributed by atoms with van der Waals surface area (Å²) in [4.78, 5) is 33.2. The van der Waals surface area contributed by atoms with E-state index in [0.29, 0.717) is 46.7 Å². The Labute approximate surface area is 237 Å². The van der Waals surface area contributed by atoms with Gasteiger partial charge in [0.1, 0.15) is 0 Å². The van der Waals surface area contributed by atoms with Crippen molar-refractivity contribution in [1.82, 2.24) is 19.8 Å². The zero-order chi connectivity index (χ0) is 27.2. The van der Waals surface area contributed by atoms with Gasteiger partial charge in [-0.3, -0.25) is 19.1 Å². The first-order valence-corrected chi connectivity index (χ1v) is 14.3. The van der Waals surface area contributed by atoms with Crippen LogP contribution >= 0.6 is 23.8 Å². The van der Waals surface area contributed by atoms with Gasteiger partial charge in [-0.05, 0) is 62.3 Å². The van der Waals surface area contributed by atoms with Crippen molar-refractivity contribution in [2.75, 3.05) is 51.0 Å². The van der Waals surface area contributed by atoms with Crippen LogP contribution < -0.4 is 25.2 Å². The molecule has 1 amide bonds. The summed E-state index contributed by atoms with van der Waals surface area (Å²) in [6, 6.07) is 11.5. The molecule has 0 aliphatic carbocycles. The topological polar surface area (TPSA) is 91.8 Å². The molecule has 11 heteroatoms. The van der Waals surface area contributed by atoms with Gasteiger partial charge >= 0.3 is 0 Å². The van der Waals surface area contributed by atoms with E-state index >= 15 is 0 Å². The van der Waals surface area contributed by atoms with Crippen LogP contribution in [0.2, 0.25) is 5.02 Å². The third-order valence-corrected chi connectivity index (χ3v) is 7.84. The Hall–Kier alpha value is -3.08. The molecule has 2 aliphatic heterocycles. The van der Waals surface area contributed by atoms with Crippen molar-refractivity contribution in [1.29, 1.82) is 0 Å². The summed E-state index contributed by atoms with van der Waals surface area (Å²) in [5.74, 6) is 1.26. The number of nitrogens with zero attached hydrogens (tertiary/aromatic N) is 3. The Balaban J connectivity index is 0.962. The Morgan fingerprint density at radius 1 is 1.00 bits per heavy atom. The molecule has 1 aromatic heterocycles. The molecule has 3 heterocycles. The van der Waals surface area contributed by atoms with Gasteiger partial charge in [0.05, 0.1) is 10.9 Å². The molecule has 5 rings (SSSR count). The third kappa shape index (κ3) is 6.93. The Morgan fingerprint density at radius 2 is 1.79 bits per heavy atom. The molecule has 0 bridgehead atoms. The summed E-state index contributed by atoms with van der Waals surface area (Å²) in [6.07, 6.45) is 3.80. The minimum atomic E-state index is -0.143. The van der Waals surface area contributed by atoms with Crippen LogP contribution in [0.1, 0.15) is 32.1 Å². The maximum atomic E-state index is 13.0. The van der Waals surface area contributed by atoms with Crippen LogP contribution in [0, 0.1) is 4.77 Å². The number of halogens is 1. The number of hydrogen-bond acceptors (Lipinski definition) is 7. The summed E-state index contributed by atoms with van der Waals surface area (Å²) < 4.78 is 12.7. The predicted molar refractivity (Wildman–Crippen MR) is 156 cm³/mol. The van der Waals surface area contributed by atoms with Crippen LogP contribution in [0.25, 0.3) is 10.9 Å². The quantitative estimate of drug-likeness (QED) is 0.261. The predicted octanol–water partition coefficient (Wildman–Crippen LogP) is 4.33. The lowest BCUT2D eigenvalue weighted by Crippen LogP contribution is -2.47. The first-order chi connectivity index (χ1) is 19.0. The van der Waals surface area contributed by atoms with E-state index in [4.69, 9.17) is 33.3 Å². The molecule has 0 atom stereocenters. The van der Waals surface area contributed by atoms with Crippen molar-refractivity contribution < 1.29 is 14.3 Å². The van der Waals surface area contributed by atoms with Gasteiger partial charge in [-0.1, -0.05) is 24.1 Å². The van der Waals surface area contributed by atoms with Crippen molar-refractivity contribution in [2.24, 2.45) is 0 Å². The number of piperazine rings is 1. The Morgan fingerprint density at radius 3 is 2.59 bits per heavy atom. The number of rotatable bonds is 11. The first-order valence-electron chi connectivity index (χ1n) is 13.5. The van der Waals surface area contributed by atoms with Crippen LogP contribution in [0.4, 0.5) is 5.69 Å². The molecule has 1 saturated heterocycles. The van der Waals surface area contributed by atoms with E-state index in [2.05, 4.69) is 26.2 Å². The molecular weight excluding hydrogens is 538 g/mol. The molecule has 3 aromatic rings.